The van der Waals surface area contributed by atoms with Gasteiger partial charge in [-0.1, -0.05) is 122 Å². The van der Waals surface area contributed by atoms with E-state index in [1.807, 2.05) is 6.20 Å². The fourth-order valence-corrected chi connectivity index (χ4v) is 6.20. The lowest BCUT2D eigenvalue weighted by Crippen LogP contribution is -2.20. The topological polar surface area (TPSA) is 12.9 Å². The molecule has 1 aliphatic rings. The summed E-state index contributed by atoms with van der Waals surface area (Å²) in [5.41, 5.74) is 5.88. The Morgan fingerprint density at radius 3 is 2.21 bits per heavy atom. The van der Waals surface area contributed by atoms with Gasteiger partial charge in [0.05, 0.1) is 0 Å². The van der Waals surface area contributed by atoms with Crippen LogP contribution in [0.25, 0.3) is 11.1 Å². The molecule has 0 aliphatic heterocycles. The van der Waals surface area contributed by atoms with Gasteiger partial charge in [-0.2, -0.15) is 0 Å². The lowest BCUT2D eigenvalue weighted by molar-refractivity contribution is 0.236. The molecule has 0 N–H and O–H groups in total. The molecule has 0 radical (unpaired) electrons. The molecule has 0 saturated heterocycles. The number of hydrogen-bond acceptors (Lipinski definition) is 1. The van der Waals surface area contributed by atoms with Crippen molar-refractivity contribution in [3.05, 3.63) is 53.9 Å². The molecular formula is C33H51N. The lowest BCUT2D eigenvalue weighted by atomic mass is 9.72. The number of pyridine rings is 1. The molecule has 1 aromatic heterocycles. The summed E-state index contributed by atoms with van der Waals surface area (Å²) in [6, 6.07) is 11.4. The Balaban J connectivity index is 1.62. The number of hydrogen-bond donors (Lipinski definition) is 0. The summed E-state index contributed by atoms with van der Waals surface area (Å²) < 4.78 is 0. The number of nitrogens with zero attached hydrogens (tertiary/aromatic N) is 1. The first-order valence-corrected chi connectivity index (χ1v) is 14.8. The fraction of sp³-hybridized carbons (Fsp3) is 0.667. The molecule has 1 fully saturated rings. The van der Waals surface area contributed by atoms with Gasteiger partial charge in [0.1, 0.15) is 0 Å². The molecule has 1 unspecified atom stereocenters. The van der Waals surface area contributed by atoms with E-state index in [1.165, 1.54) is 125 Å². The molecule has 0 amide bonds. The second-order valence-electron chi connectivity index (χ2n) is 11.1. The highest BCUT2D eigenvalue weighted by atomic mass is 14.6. The van der Waals surface area contributed by atoms with E-state index >= 15 is 0 Å². The Morgan fingerprint density at radius 2 is 1.44 bits per heavy atom. The van der Waals surface area contributed by atoms with Crippen molar-refractivity contribution in [1.82, 2.24) is 4.98 Å². The van der Waals surface area contributed by atoms with E-state index in [0.29, 0.717) is 5.92 Å². The highest BCUT2D eigenvalue weighted by Gasteiger charge is 2.27. The molecule has 1 nitrogen and oxygen atoms in total. The molecule has 1 heteroatoms. The molecule has 0 bridgehead atoms. The van der Waals surface area contributed by atoms with E-state index in [2.05, 4.69) is 62.3 Å². The smallest absolute Gasteiger partial charge is 0.0308 e. The van der Waals surface area contributed by atoms with Gasteiger partial charge < -0.3 is 0 Å². The van der Waals surface area contributed by atoms with Crippen molar-refractivity contribution in [3.63, 3.8) is 0 Å². The van der Waals surface area contributed by atoms with Crippen molar-refractivity contribution in [2.75, 3.05) is 0 Å². The largest absolute Gasteiger partial charge is 0.264 e. The summed E-state index contributed by atoms with van der Waals surface area (Å²) >= 11 is 0. The highest BCUT2D eigenvalue weighted by Crippen LogP contribution is 2.42. The van der Waals surface area contributed by atoms with Gasteiger partial charge in [0.25, 0.3) is 0 Å². The number of aromatic nitrogens is 1. The van der Waals surface area contributed by atoms with Crippen LogP contribution in [0.1, 0.15) is 134 Å². The SMILES string of the molecule is CCCCCCCCc1ccccc1-c1ccncc1C(C)C1CCC(CCCCCC)CC1. The average Bonchev–Trinajstić information content (AvgIpc) is 2.89. The third kappa shape index (κ3) is 8.24. The van der Waals surface area contributed by atoms with Gasteiger partial charge in [0, 0.05) is 12.4 Å². The predicted molar refractivity (Wildman–Crippen MR) is 149 cm³/mol. The van der Waals surface area contributed by atoms with E-state index in [4.69, 9.17) is 0 Å². The summed E-state index contributed by atoms with van der Waals surface area (Å²) in [6.07, 6.45) is 26.3. The minimum atomic E-state index is 0.590. The van der Waals surface area contributed by atoms with Crippen molar-refractivity contribution in [3.8, 4) is 11.1 Å². The van der Waals surface area contributed by atoms with Gasteiger partial charge >= 0.3 is 0 Å². The summed E-state index contributed by atoms with van der Waals surface area (Å²) in [7, 11) is 0. The maximum atomic E-state index is 4.59. The maximum absolute atomic E-state index is 4.59. The van der Waals surface area contributed by atoms with Crippen molar-refractivity contribution in [2.24, 2.45) is 11.8 Å². The second kappa shape index (κ2) is 15.4. The van der Waals surface area contributed by atoms with Crippen LogP contribution in [0.15, 0.2) is 42.7 Å². The Kier molecular flexibility index (Phi) is 12.2. The average molecular weight is 462 g/mol. The fourth-order valence-electron chi connectivity index (χ4n) is 6.20. The van der Waals surface area contributed by atoms with Crippen LogP contribution in [0.4, 0.5) is 0 Å². The molecule has 188 valence electrons. The van der Waals surface area contributed by atoms with Crippen molar-refractivity contribution < 1.29 is 0 Å². The Bertz CT molecular complexity index is 802. The van der Waals surface area contributed by atoms with E-state index in [0.717, 1.165) is 11.8 Å². The third-order valence-electron chi connectivity index (χ3n) is 8.51. The van der Waals surface area contributed by atoms with Crippen LogP contribution >= 0.6 is 0 Å². The molecule has 1 aromatic carbocycles. The number of rotatable bonds is 15. The van der Waals surface area contributed by atoms with Crippen LogP contribution in [0.3, 0.4) is 0 Å². The molecule has 1 heterocycles. The number of aryl methyl sites for hydroxylation is 1. The zero-order valence-corrected chi connectivity index (χ0v) is 22.5. The minimum Gasteiger partial charge on any atom is -0.264 e. The van der Waals surface area contributed by atoms with Crippen molar-refractivity contribution in [2.45, 2.75) is 129 Å². The first-order valence-electron chi connectivity index (χ1n) is 14.8. The van der Waals surface area contributed by atoms with Crippen LogP contribution in [-0.4, -0.2) is 4.98 Å². The lowest BCUT2D eigenvalue weighted by Gasteiger charge is -2.33. The van der Waals surface area contributed by atoms with Crippen LogP contribution < -0.4 is 0 Å². The molecule has 1 saturated carbocycles. The minimum absolute atomic E-state index is 0.590. The molecule has 34 heavy (non-hydrogen) atoms. The summed E-state index contributed by atoms with van der Waals surface area (Å²) in [5.74, 6) is 2.37. The highest BCUT2D eigenvalue weighted by molar-refractivity contribution is 5.71. The van der Waals surface area contributed by atoms with E-state index in [-0.39, 0.29) is 0 Å². The summed E-state index contributed by atoms with van der Waals surface area (Å²) in [4.78, 5) is 4.59. The van der Waals surface area contributed by atoms with Crippen molar-refractivity contribution >= 4 is 0 Å². The molecule has 2 aromatic rings. The van der Waals surface area contributed by atoms with Crippen LogP contribution in [0, 0.1) is 11.8 Å². The first kappa shape index (κ1) is 27.0. The number of unbranched alkanes of at least 4 members (excludes halogenated alkanes) is 8. The Labute approximate surface area is 211 Å². The van der Waals surface area contributed by atoms with E-state index in [9.17, 15) is 0 Å². The monoisotopic (exact) mass is 461 g/mol. The van der Waals surface area contributed by atoms with Gasteiger partial charge in [-0.05, 0) is 71.8 Å². The van der Waals surface area contributed by atoms with E-state index < -0.39 is 0 Å². The zero-order valence-electron chi connectivity index (χ0n) is 22.5. The molecule has 0 spiro atoms. The van der Waals surface area contributed by atoms with Crippen LogP contribution in [-0.2, 0) is 6.42 Å². The van der Waals surface area contributed by atoms with Gasteiger partial charge in [0.2, 0.25) is 0 Å². The van der Waals surface area contributed by atoms with Crippen molar-refractivity contribution in [1.29, 1.82) is 0 Å². The molecule has 1 aliphatic carbocycles. The molecule has 1 atom stereocenters. The van der Waals surface area contributed by atoms with Crippen LogP contribution in [0.5, 0.6) is 0 Å². The zero-order chi connectivity index (χ0) is 24.0. The quantitative estimate of drug-likeness (QED) is 0.240. The van der Waals surface area contributed by atoms with Gasteiger partial charge in [0.15, 0.2) is 0 Å². The third-order valence-corrected chi connectivity index (χ3v) is 8.51. The summed E-state index contributed by atoms with van der Waals surface area (Å²) in [5, 5.41) is 0. The van der Waals surface area contributed by atoms with Gasteiger partial charge in [-0.25, -0.2) is 0 Å². The van der Waals surface area contributed by atoms with E-state index in [1.54, 1.807) is 0 Å². The predicted octanol–water partition coefficient (Wildman–Crippen LogP) is 10.5. The van der Waals surface area contributed by atoms with Gasteiger partial charge in [-0.15, -0.1) is 0 Å². The second-order valence-corrected chi connectivity index (χ2v) is 11.1. The normalized spacial score (nSPS) is 19.3. The summed E-state index contributed by atoms with van der Waals surface area (Å²) in [6.45, 7) is 7.08. The molecule has 3 rings (SSSR count). The van der Waals surface area contributed by atoms with Crippen LogP contribution in [0.2, 0.25) is 0 Å². The maximum Gasteiger partial charge on any atom is 0.0308 e. The van der Waals surface area contributed by atoms with Gasteiger partial charge in [-0.3, -0.25) is 4.98 Å². The first-order chi connectivity index (χ1) is 16.7. The number of benzene rings is 1. The Morgan fingerprint density at radius 1 is 0.765 bits per heavy atom. The molecular weight excluding hydrogens is 410 g/mol. The Hall–Kier alpha value is -1.63. The standard InChI is InChI=1S/C33H51N/c1-4-6-8-10-11-13-17-30-18-14-15-19-31(30)32-24-25-34-26-33(32)27(3)29-22-20-28(21-23-29)16-12-9-7-5-2/h14-15,18-19,24-29H,4-13,16-17,20-23H2,1-3H3.